The molecule has 0 saturated carbocycles. The minimum Gasteiger partial charge on any atom is -0.375 e. The number of carbonyl (C=O) groups excluding carboxylic acids is 1. The molecule has 1 fully saturated rings. The molecule has 0 aromatic heterocycles. The summed E-state index contributed by atoms with van der Waals surface area (Å²) in [5.74, 6) is 0.722. The third-order valence-corrected chi connectivity index (χ3v) is 3.43. The van der Waals surface area contributed by atoms with Crippen LogP contribution in [0.1, 0.15) is 26.7 Å². The highest BCUT2D eigenvalue weighted by Gasteiger charge is 2.19. The summed E-state index contributed by atoms with van der Waals surface area (Å²) < 4.78 is 5.53. The van der Waals surface area contributed by atoms with E-state index in [1.807, 2.05) is 0 Å². The predicted octanol–water partition coefficient (Wildman–Crippen LogP) is 0.457. The minimum absolute atomic E-state index is 0.0247. The first-order valence-electron chi connectivity index (χ1n) is 7.24. The van der Waals surface area contributed by atoms with Gasteiger partial charge in [-0.15, -0.1) is 0 Å². The molecule has 5 heteroatoms. The molecule has 1 rings (SSSR count). The lowest BCUT2D eigenvalue weighted by molar-refractivity contribution is -0.124. The summed E-state index contributed by atoms with van der Waals surface area (Å²) in [5.41, 5.74) is 0. The van der Waals surface area contributed by atoms with Crippen molar-refractivity contribution in [2.24, 2.45) is 5.92 Å². The molecule has 0 bridgehead atoms. The lowest BCUT2D eigenvalue weighted by atomic mass is 10.0. The Morgan fingerprint density at radius 2 is 2.21 bits per heavy atom. The van der Waals surface area contributed by atoms with Gasteiger partial charge in [0.25, 0.3) is 0 Å². The van der Waals surface area contributed by atoms with Crippen molar-refractivity contribution in [1.29, 1.82) is 0 Å². The zero-order valence-electron chi connectivity index (χ0n) is 12.7. The van der Waals surface area contributed by atoms with Crippen LogP contribution in [0.15, 0.2) is 0 Å². The van der Waals surface area contributed by atoms with Crippen LogP contribution in [0.4, 0.5) is 0 Å². The molecule has 19 heavy (non-hydrogen) atoms. The lowest BCUT2D eigenvalue weighted by Crippen LogP contribution is -2.44. The standard InChI is InChI=1S/C14H29N3O2/c1-11(2)7-12(17(3)4)9-16-14(18)8-13-10-15-5-6-19-13/h11-13,15H,5-10H2,1-4H3,(H,16,18). The molecule has 1 aliphatic heterocycles. The van der Waals surface area contributed by atoms with Crippen LogP contribution >= 0.6 is 0 Å². The molecule has 2 N–H and O–H groups in total. The first kappa shape index (κ1) is 16.4. The van der Waals surface area contributed by atoms with Gasteiger partial charge in [0.2, 0.25) is 5.91 Å². The van der Waals surface area contributed by atoms with Crippen molar-refractivity contribution < 1.29 is 9.53 Å². The van der Waals surface area contributed by atoms with Crippen LogP contribution in [0, 0.1) is 5.92 Å². The fourth-order valence-electron chi connectivity index (χ4n) is 2.28. The number of likely N-dealkylation sites (N-methyl/N-ethyl adjacent to an activating group) is 1. The van der Waals surface area contributed by atoms with Crippen molar-refractivity contribution in [1.82, 2.24) is 15.5 Å². The second kappa shape index (κ2) is 8.51. The van der Waals surface area contributed by atoms with Gasteiger partial charge in [-0.2, -0.15) is 0 Å². The molecule has 2 unspecified atom stereocenters. The van der Waals surface area contributed by atoms with E-state index in [0.717, 1.165) is 19.5 Å². The monoisotopic (exact) mass is 271 g/mol. The Bertz CT molecular complexity index is 263. The number of carbonyl (C=O) groups is 1. The SMILES string of the molecule is CC(C)CC(CNC(=O)CC1CNCCO1)N(C)C. The van der Waals surface area contributed by atoms with E-state index in [1.54, 1.807) is 0 Å². The predicted molar refractivity (Wildman–Crippen MR) is 77.2 cm³/mol. The fourth-order valence-corrected chi connectivity index (χ4v) is 2.28. The van der Waals surface area contributed by atoms with Gasteiger partial charge in [-0.25, -0.2) is 0 Å². The molecule has 1 aliphatic rings. The number of nitrogens with zero attached hydrogens (tertiary/aromatic N) is 1. The lowest BCUT2D eigenvalue weighted by Gasteiger charge is -2.27. The van der Waals surface area contributed by atoms with Crippen molar-refractivity contribution >= 4 is 5.91 Å². The van der Waals surface area contributed by atoms with Gasteiger partial charge in [0.1, 0.15) is 0 Å². The highest BCUT2D eigenvalue weighted by atomic mass is 16.5. The van der Waals surface area contributed by atoms with Crippen LogP contribution in [-0.2, 0) is 9.53 Å². The molecule has 1 saturated heterocycles. The van der Waals surface area contributed by atoms with Crippen LogP contribution in [0.25, 0.3) is 0 Å². The summed E-state index contributed by atoms with van der Waals surface area (Å²) in [4.78, 5) is 14.1. The van der Waals surface area contributed by atoms with Crippen LogP contribution in [-0.4, -0.2) is 63.3 Å². The molecule has 2 atom stereocenters. The van der Waals surface area contributed by atoms with Crippen molar-refractivity contribution in [2.75, 3.05) is 40.3 Å². The van der Waals surface area contributed by atoms with Gasteiger partial charge in [0, 0.05) is 25.7 Å². The van der Waals surface area contributed by atoms with Gasteiger partial charge < -0.3 is 20.3 Å². The second-order valence-electron chi connectivity index (χ2n) is 5.95. The van der Waals surface area contributed by atoms with Crippen molar-refractivity contribution in [3.63, 3.8) is 0 Å². The highest BCUT2D eigenvalue weighted by molar-refractivity contribution is 5.76. The molecule has 1 amide bonds. The number of amides is 1. The van der Waals surface area contributed by atoms with Crippen LogP contribution < -0.4 is 10.6 Å². The Hall–Kier alpha value is -0.650. The average molecular weight is 271 g/mol. The van der Waals surface area contributed by atoms with Crippen LogP contribution in [0.3, 0.4) is 0 Å². The largest absolute Gasteiger partial charge is 0.375 e. The average Bonchev–Trinajstić information content (AvgIpc) is 2.35. The van der Waals surface area contributed by atoms with Crippen molar-refractivity contribution in [3.05, 3.63) is 0 Å². The van der Waals surface area contributed by atoms with E-state index in [9.17, 15) is 4.79 Å². The number of hydrogen-bond donors (Lipinski definition) is 2. The fraction of sp³-hybridized carbons (Fsp3) is 0.929. The molecule has 0 aromatic carbocycles. The summed E-state index contributed by atoms with van der Waals surface area (Å²) in [5, 5.41) is 6.26. The van der Waals surface area contributed by atoms with E-state index < -0.39 is 0 Å². The highest BCUT2D eigenvalue weighted by Crippen LogP contribution is 2.08. The van der Waals surface area contributed by atoms with Gasteiger partial charge >= 0.3 is 0 Å². The topological polar surface area (TPSA) is 53.6 Å². The summed E-state index contributed by atoms with van der Waals surface area (Å²) in [6.45, 7) is 7.49. The van der Waals surface area contributed by atoms with Crippen molar-refractivity contribution in [3.8, 4) is 0 Å². The zero-order chi connectivity index (χ0) is 14.3. The summed E-state index contributed by atoms with van der Waals surface area (Å²) in [6, 6.07) is 0.398. The molecule has 5 nitrogen and oxygen atoms in total. The minimum atomic E-state index is 0.0247. The third kappa shape index (κ3) is 6.89. The van der Waals surface area contributed by atoms with E-state index in [4.69, 9.17) is 4.74 Å². The van der Waals surface area contributed by atoms with Crippen LogP contribution in [0.5, 0.6) is 0 Å². The Morgan fingerprint density at radius 3 is 2.74 bits per heavy atom. The normalized spacial score (nSPS) is 21.7. The van der Waals surface area contributed by atoms with E-state index in [0.29, 0.717) is 31.5 Å². The van der Waals surface area contributed by atoms with Crippen LogP contribution in [0.2, 0.25) is 0 Å². The maximum Gasteiger partial charge on any atom is 0.222 e. The third-order valence-electron chi connectivity index (χ3n) is 3.43. The van der Waals surface area contributed by atoms with E-state index in [-0.39, 0.29) is 12.0 Å². The Morgan fingerprint density at radius 1 is 1.47 bits per heavy atom. The maximum absolute atomic E-state index is 11.9. The smallest absolute Gasteiger partial charge is 0.222 e. The number of morpholine rings is 1. The van der Waals surface area contributed by atoms with Gasteiger partial charge in [0.05, 0.1) is 19.1 Å². The van der Waals surface area contributed by atoms with Gasteiger partial charge in [-0.3, -0.25) is 4.79 Å². The molecular weight excluding hydrogens is 242 g/mol. The first-order valence-corrected chi connectivity index (χ1v) is 7.24. The molecule has 0 aliphatic carbocycles. The van der Waals surface area contributed by atoms with E-state index in [1.165, 1.54) is 0 Å². The molecule has 112 valence electrons. The number of rotatable bonds is 7. The first-order chi connectivity index (χ1) is 8.99. The number of nitrogens with one attached hydrogen (secondary N) is 2. The van der Waals surface area contributed by atoms with E-state index in [2.05, 4.69) is 43.5 Å². The molecule has 0 spiro atoms. The summed E-state index contributed by atoms with van der Waals surface area (Å²) >= 11 is 0. The number of hydrogen-bond acceptors (Lipinski definition) is 4. The van der Waals surface area contributed by atoms with Gasteiger partial charge in [-0.05, 0) is 26.4 Å². The van der Waals surface area contributed by atoms with Crippen molar-refractivity contribution in [2.45, 2.75) is 38.8 Å². The maximum atomic E-state index is 11.9. The Labute approximate surface area is 117 Å². The van der Waals surface area contributed by atoms with Gasteiger partial charge in [0.15, 0.2) is 0 Å². The Balaban J connectivity index is 2.26. The van der Waals surface area contributed by atoms with Gasteiger partial charge in [-0.1, -0.05) is 13.8 Å². The van der Waals surface area contributed by atoms with E-state index >= 15 is 0 Å². The molecule has 1 heterocycles. The molecular formula is C14H29N3O2. The molecule has 0 radical (unpaired) electrons. The summed E-state index contributed by atoms with van der Waals surface area (Å²) in [6.07, 6.45) is 1.57. The molecule has 0 aromatic rings. The number of ether oxygens (including phenoxy) is 1. The Kier molecular flexibility index (Phi) is 7.34. The zero-order valence-corrected chi connectivity index (χ0v) is 12.7. The second-order valence-corrected chi connectivity index (χ2v) is 5.95. The summed E-state index contributed by atoms with van der Waals surface area (Å²) in [7, 11) is 4.13. The quantitative estimate of drug-likeness (QED) is 0.706.